The van der Waals surface area contributed by atoms with E-state index in [1.165, 1.54) is 6.07 Å². The number of benzene rings is 2. The topological polar surface area (TPSA) is 48.9 Å². The van der Waals surface area contributed by atoms with Gasteiger partial charge in [0.25, 0.3) is 0 Å². The molecule has 3 aromatic rings. The number of halogens is 2. The molecule has 5 heteroatoms. The summed E-state index contributed by atoms with van der Waals surface area (Å²) in [6.45, 7) is 3.87. The van der Waals surface area contributed by atoms with Crippen LogP contribution in [0.25, 0.3) is 22.4 Å². The third-order valence-electron chi connectivity index (χ3n) is 3.82. The Labute approximate surface area is 126 Å². The summed E-state index contributed by atoms with van der Waals surface area (Å²) < 4.78 is 27.0. The van der Waals surface area contributed by atoms with Crippen molar-refractivity contribution in [3.8, 4) is 11.4 Å². The van der Waals surface area contributed by atoms with E-state index >= 15 is 0 Å². The van der Waals surface area contributed by atoms with Crippen molar-refractivity contribution in [1.29, 1.82) is 0 Å². The summed E-state index contributed by atoms with van der Waals surface area (Å²) >= 11 is 0. The van der Waals surface area contributed by atoms with Crippen molar-refractivity contribution in [3.05, 3.63) is 53.6 Å². The van der Waals surface area contributed by atoms with E-state index < -0.39 is 11.6 Å². The first-order chi connectivity index (χ1) is 10.4. The Morgan fingerprint density at radius 1 is 1.18 bits per heavy atom. The van der Waals surface area contributed by atoms with E-state index in [0.29, 0.717) is 11.3 Å². The highest BCUT2D eigenvalue weighted by molar-refractivity contribution is 5.80. The highest BCUT2D eigenvalue weighted by Crippen LogP contribution is 2.28. The van der Waals surface area contributed by atoms with Crippen molar-refractivity contribution in [3.63, 3.8) is 0 Å². The van der Waals surface area contributed by atoms with Gasteiger partial charge in [0.15, 0.2) is 5.82 Å². The number of imidazole rings is 1. The smallest absolute Gasteiger partial charge is 0.153 e. The predicted octanol–water partition coefficient (Wildman–Crippen LogP) is 3.78. The number of rotatable bonds is 3. The molecule has 3 rings (SSSR count). The molecule has 0 aliphatic carbocycles. The van der Waals surface area contributed by atoms with Crippen LogP contribution in [0.15, 0.2) is 36.4 Å². The molecule has 0 radical (unpaired) electrons. The molecular formula is C17H16F2N2O. The summed E-state index contributed by atoms with van der Waals surface area (Å²) in [7, 11) is 0. The fourth-order valence-electron chi connectivity index (χ4n) is 2.36. The lowest BCUT2D eigenvalue weighted by Gasteiger charge is -2.22. The first-order valence-electron chi connectivity index (χ1n) is 6.97. The number of H-pyrrole nitrogens is 1. The molecule has 2 N–H and O–H groups in total. The van der Waals surface area contributed by atoms with Crippen LogP contribution in [-0.2, 0) is 5.41 Å². The zero-order chi connectivity index (χ0) is 15.9. The zero-order valence-corrected chi connectivity index (χ0v) is 12.3. The molecule has 0 amide bonds. The van der Waals surface area contributed by atoms with Gasteiger partial charge in [-0.2, -0.15) is 0 Å². The third kappa shape index (κ3) is 2.48. The molecule has 0 aliphatic rings. The molecule has 114 valence electrons. The average Bonchev–Trinajstić information content (AvgIpc) is 2.91. The summed E-state index contributed by atoms with van der Waals surface area (Å²) in [5.74, 6) is -0.866. The van der Waals surface area contributed by atoms with Gasteiger partial charge in [0, 0.05) is 17.0 Å². The molecule has 2 aromatic carbocycles. The minimum Gasteiger partial charge on any atom is -0.395 e. The van der Waals surface area contributed by atoms with Gasteiger partial charge in [-0.25, -0.2) is 13.8 Å². The highest BCUT2D eigenvalue weighted by atomic mass is 19.1. The summed E-state index contributed by atoms with van der Waals surface area (Å²) in [5, 5.41) is 9.48. The molecule has 3 nitrogen and oxygen atoms in total. The number of aromatic nitrogens is 2. The van der Waals surface area contributed by atoms with E-state index in [2.05, 4.69) is 9.97 Å². The Balaban J connectivity index is 2.12. The number of aliphatic hydroxyl groups excluding tert-OH is 1. The first-order valence-corrected chi connectivity index (χ1v) is 6.97. The molecule has 0 saturated carbocycles. The lowest BCUT2D eigenvalue weighted by molar-refractivity contribution is 0.218. The van der Waals surface area contributed by atoms with Gasteiger partial charge in [0.05, 0.1) is 12.1 Å². The average molecular weight is 302 g/mol. The molecule has 0 saturated heterocycles. The fourth-order valence-corrected chi connectivity index (χ4v) is 2.36. The van der Waals surface area contributed by atoms with E-state index in [1.807, 2.05) is 38.1 Å². The van der Waals surface area contributed by atoms with Gasteiger partial charge < -0.3 is 10.1 Å². The maximum atomic E-state index is 13.7. The van der Waals surface area contributed by atoms with Crippen LogP contribution in [0, 0.1) is 11.6 Å². The number of aromatic amines is 1. The maximum Gasteiger partial charge on any atom is 0.153 e. The van der Waals surface area contributed by atoms with Gasteiger partial charge in [-0.1, -0.05) is 32.0 Å². The number of hydrogen-bond acceptors (Lipinski definition) is 2. The minimum absolute atomic E-state index is 0.0103. The van der Waals surface area contributed by atoms with Gasteiger partial charge in [0.2, 0.25) is 0 Å². The van der Waals surface area contributed by atoms with Crippen molar-refractivity contribution in [1.82, 2.24) is 9.97 Å². The van der Waals surface area contributed by atoms with Gasteiger partial charge in [0.1, 0.15) is 17.2 Å². The molecule has 0 aliphatic heterocycles. The number of fused-ring (bicyclic) bond motifs is 1. The number of hydrogen-bond donors (Lipinski definition) is 2. The molecule has 0 unspecified atom stereocenters. The van der Waals surface area contributed by atoms with Crippen LogP contribution in [0.3, 0.4) is 0 Å². The highest BCUT2D eigenvalue weighted by Gasteiger charge is 2.20. The quantitative estimate of drug-likeness (QED) is 0.773. The van der Waals surface area contributed by atoms with Crippen molar-refractivity contribution >= 4 is 11.0 Å². The van der Waals surface area contributed by atoms with Crippen LogP contribution in [0.4, 0.5) is 8.78 Å². The number of aliphatic hydroxyl groups is 1. The Morgan fingerprint density at radius 3 is 2.68 bits per heavy atom. The summed E-state index contributed by atoms with van der Waals surface area (Å²) in [6, 6.07) is 9.54. The van der Waals surface area contributed by atoms with E-state index in [1.54, 1.807) is 0 Å². The largest absolute Gasteiger partial charge is 0.395 e. The van der Waals surface area contributed by atoms with Crippen molar-refractivity contribution < 1.29 is 13.9 Å². The molecular weight excluding hydrogens is 286 g/mol. The van der Waals surface area contributed by atoms with Gasteiger partial charge >= 0.3 is 0 Å². The van der Waals surface area contributed by atoms with E-state index in [4.69, 9.17) is 0 Å². The molecule has 0 atom stereocenters. The fraction of sp³-hybridized carbons (Fsp3) is 0.235. The molecule has 0 spiro atoms. The van der Waals surface area contributed by atoms with E-state index in [0.717, 1.165) is 17.2 Å². The van der Waals surface area contributed by atoms with Crippen molar-refractivity contribution in [2.75, 3.05) is 6.61 Å². The maximum absolute atomic E-state index is 13.7. The second-order valence-corrected chi connectivity index (χ2v) is 5.99. The molecule has 1 heterocycles. The van der Waals surface area contributed by atoms with Crippen LogP contribution in [0.1, 0.15) is 19.4 Å². The Kier molecular flexibility index (Phi) is 3.45. The predicted molar refractivity (Wildman–Crippen MR) is 81.6 cm³/mol. The van der Waals surface area contributed by atoms with Gasteiger partial charge in [-0.3, -0.25) is 0 Å². The number of nitrogens with one attached hydrogen (secondary N) is 1. The monoisotopic (exact) mass is 302 g/mol. The lowest BCUT2D eigenvalue weighted by Crippen LogP contribution is -2.21. The van der Waals surface area contributed by atoms with Crippen LogP contribution < -0.4 is 0 Å². The van der Waals surface area contributed by atoms with Crippen molar-refractivity contribution in [2.45, 2.75) is 19.3 Å². The van der Waals surface area contributed by atoms with Crippen LogP contribution in [0.2, 0.25) is 0 Å². The van der Waals surface area contributed by atoms with E-state index in [-0.39, 0.29) is 17.5 Å². The summed E-state index contributed by atoms with van der Waals surface area (Å²) in [6.07, 6.45) is 0. The zero-order valence-electron chi connectivity index (χ0n) is 12.3. The van der Waals surface area contributed by atoms with Crippen LogP contribution in [-0.4, -0.2) is 21.7 Å². The van der Waals surface area contributed by atoms with Crippen LogP contribution in [0.5, 0.6) is 0 Å². The van der Waals surface area contributed by atoms with Crippen LogP contribution >= 0.6 is 0 Å². The van der Waals surface area contributed by atoms with Gasteiger partial charge in [-0.05, 0) is 17.7 Å². The summed E-state index contributed by atoms with van der Waals surface area (Å²) in [4.78, 5) is 7.15. The standard InChI is InChI=1S/C17H16F2N2O/c1-17(2,9-22)11-5-3-4-10(6-11)16-20-14-8-12(18)7-13(19)15(14)21-16/h3-8,22H,9H2,1-2H3,(H,20,21). The Morgan fingerprint density at radius 2 is 1.95 bits per heavy atom. The second-order valence-electron chi connectivity index (χ2n) is 5.99. The Bertz CT molecular complexity index is 840. The molecule has 22 heavy (non-hydrogen) atoms. The first kappa shape index (κ1) is 14.7. The Hall–Kier alpha value is -2.27. The molecule has 1 aromatic heterocycles. The normalized spacial score (nSPS) is 12.0. The third-order valence-corrected chi connectivity index (χ3v) is 3.82. The lowest BCUT2D eigenvalue weighted by atomic mass is 9.85. The summed E-state index contributed by atoms with van der Waals surface area (Å²) in [5.41, 5.74) is 1.75. The van der Waals surface area contributed by atoms with Crippen molar-refractivity contribution in [2.24, 2.45) is 0 Å². The van der Waals surface area contributed by atoms with Gasteiger partial charge in [-0.15, -0.1) is 0 Å². The SMILES string of the molecule is CC(C)(CO)c1cccc(-c2nc3c(F)cc(F)cc3[nH]2)c1. The molecule has 0 fully saturated rings. The minimum atomic E-state index is -0.690. The number of nitrogens with zero attached hydrogens (tertiary/aromatic N) is 1. The molecule has 0 bridgehead atoms. The van der Waals surface area contributed by atoms with E-state index in [9.17, 15) is 13.9 Å². The second kappa shape index (κ2) is 5.18.